The minimum atomic E-state index is -0.0412. The zero-order chi connectivity index (χ0) is 18.7. The third-order valence-electron chi connectivity index (χ3n) is 3.47. The first-order chi connectivity index (χ1) is 12.0. The lowest BCUT2D eigenvalue weighted by atomic mass is 10.2. The Balaban J connectivity index is 2.74. The number of carbonyl (C=O) groups is 1. The summed E-state index contributed by atoms with van der Waals surface area (Å²) in [4.78, 5) is 19.7. The van der Waals surface area contributed by atoms with Crippen molar-refractivity contribution in [3.63, 3.8) is 0 Å². The van der Waals surface area contributed by atoms with Gasteiger partial charge in [-0.25, -0.2) is 4.99 Å². The molecule has 0 aromatic heterocycles. The summed E-state index contributed by atoms with van der Waals surface area (Å²) in [6, 6.07) is 7.97. The molecule has 140 valence electrons. The van der Waals surface area contributed by atoms with Gasteiger partial charge in [0, 0.05) is 41.3 Å². The molecule has 1 amide bonds. The number of nitrogens with one attached hydrogen (secondary N) is 1. The second kappa shape index (κ2) is 11.3. The van der Waals surface area contributed by atoms with Crippen molar-refractivity contribution in [2.75, 3.05) is 54.6 Å². The van der Waals surface area contributed by atoms with E-state index in [1.54, 1.807) is 21.2 Å². The molecule has 0 aliphatic rings. The summed E-state index contributed by atoms with van der Waals surface area (Å²) in [7, 11) is 7.03. The molecule has 0 aliphatic carbocycles. The van der Waals surface area contributed by atoms with Gasteiger partial charge >= 0.3 is 0 Å². The number of hydrogen-bond donors (Lipinski definition) is 1. The number of benzene rings is 1. The Kier molecular flexibility index (Phi) is 9.39. The summed E-state index contributed by atoms with van der Waals surface area (Å²) in [6.45, 7) is 4.58. The Morgan fingerprint density at radius 3 is 2.44 bits per heavy atom. The average Bonchev–Trinajstić information content (AvgIpc) is 2.59. The van der Waals surface area contributed by atoms with Crippen molar-refractivity contribution in [2.24, 2.45) is 4.99 Å². The number of methoxy groups -OCH3 is 1. The standard InChI is InChI=1S/C18H30N4O3/c1-6-25-16-9-7-15(8-10-16)14-22(4)18(19-11-12-24-5)20-13-17(23)21(2)3/h7-10H,6,11-14H2,1-5H3,(H,19,20). The van der Waals surface area contributed by atoms with E-state index in [4.69, 9.17) is 9.47 Å². The number of aliphatic imine (C=N–C) groups is 1. The van der Waals surface area contributed by atoms with Crippen molar-refractivity contribution in [3.8, 4) is 5.75 Å². The predicted molar refractivity (Wildman–Crippen MR) is 100.0 cm³/mol. The third kappa shape index (κ3) is 7.89. The highest BCUT2D eigenvalue weighted by molar-refractivity contribution is 5.84. The summed E-state index contributed by atoms with van der Waals surface area (Å²) in [6.07, 6.45) is 0. The highest BCUT2D eigenvalue weighted by Crippen LogP contribution is 2.13. The van der Waals surface area contributed by atoms with E-state index in [0.717, 1.165) is 11.3 Å². The number of amides is 1. The molecule has 7 nitrogen and oxygen atoms in total. The lowest BCUT2D eigenvalue weighted by molar-refractivity contribution is -0.127. The van der Waals surface area contributed by atoms with Crippen LogP contribution < -0.4 is 10.1 Å². The molecule has 1 aromatic rings. The number of hydrogen-bond acceptors (Lipinski definition) is 4. The van der Waals surface area contributed by atoms with Gasteiger partial charge in [0.15, 0.2) is 5.96 Å². The topological polar surface area (TPSA) is 66.4 Å². The number of carbonyl (C=O) groups excluding carboxylic acids is 1. The quantitative estimate of drug-likeness (QED) is 0.412. The molecule has 0 atom stereocenters. The molecular formula is C18H30N4O3. The first-order valence-corrected chi connectivity index (χ1v) is 8.38. The molecule has 1 N–H and O–H groups in total. The molecule has 1 rings (SSSR count). The van der Waals surface area contributed by atoms with E-state index in [2.05, 4.69) is 10.3 Å². The minimum Gasteiger partial charge on any atom is -0.494 e. The molecule has 1 aromatic carbocycles. The first kappa shape index (κ1) is 20.8. The summed E-state index contributed by atoms with van der Waals surface area (Å²) < 4.78 is 10.5. The highest BCUT2D eigenvalue weighted by atomic mass is 16.5. The molecule has 0 radical (unpaired) electrons. The molecule has 0 saturated carbocycles. The Morgan fingerprint density at radius 2 is 1.88 bits per heavy atom. The van der Waals surface area contributed by atoms with Crippen molar-refractivity contribution in [1.82, 2.24) is 15.1 Å². The van der Waals surface area contributed by atoms with E-state index >= 15 is 0 Å². The normalized spacial score (nSPS) is 11.2. The number of ether oxygens (including phenoxy) is 2. The summed E-state index contributed by atoms with van der Waals surface area (Å²) in [5, 5.41) is 3.22. The van der Waals surface area contributed by atoms with Crippen LogP contribution >= 0.6 is 0 Å². The minimum absolute atomic E-state index is 0.0412. The Morgan fingerprint density at radius 1 is 1.20 bits per heavy atom. The number of rotatable bonds is 9. The van der Waals surface area contributed by atoms with E-state index in [1.807, 2.05) is 43.1 Å². The summed E-state index contributed by atoms with van der Waals surface area (Å²) in [5.41, 5.74) is 1.13. The third-order valence-corrected chi connectivity index (χ3v) is 3.47. The Bertz CT molecular complexity index is 544. The van der Waals surface area contributed by atoms with E-state index in [1.165, 1.54) is 4.90 Å². The van der Waals surface area contributed by atoms with Crippen LogP contribution in [0.3, 0.4) is 0 Å². The molecule has 7 heteroatoms. The SMILES string of the molecule is CCOc1ccc(CN(C)C(=NCC(=O)N(C)C)NCCOC)cc1. The predicted octanol–water partition coefficient (Wildman–Crippen LogP) is 1.20. The van der Waals surface area contributed by atoms with Crippen LogP contribution in [0.5, 0.6) is 5.75 Å². The van der Waals surface area contributed by atoms with Gasteiger partial charge in [0.2, 0.25) is 5.91 Å². The second-order valence-electron chi connectivity index (χ2n) is 5.78. The zero-order valence-electron chi connectivity index (χ0n) is 15.9. The van der Waals surface area contributed by atoms with Crippen molar-refractivity contribution in [3.05, 3.63) is 29.8 Å². The van der Waals surface area contributed by atoms with Crippen LogP contribution in [0.1, 0.15) is 12.5 Å². The van der Waals surface area contributed by atoms with Crippen molar-refractivity contribution >= 4 is 11.9 Å². The molecule has 25 heavy (non-hydrogen) atoms. The van der Waals surface area contributed by atoms with E-state index in [-0.39, 0.29) is 12.5 Å². The van der Waals surface area contributed by atoms with Gasteiger partial charge in [0.1, 0.15) is 12.3 Å². The van der Waals surface area contributed by atoms with Crippen molar-refractivity contribution in [1.29, 1.82) is 0 Å². The van der Waals surface area contributed by atoms with Crippen LogP contribution in [0.25, 0.3) is 0 Å². The number of likely N-dealkylation sites (N-methyl/N-ethyl adjacent to an activating group) is 1. The van der Waals surface area contributed by atoms with E-state index in [9.17, 15) is 4.79 Å². The fraction of sp³-hybridized carbons (Fsp3) is 0.556. The van der Waals surface area contributed by atoms with E-state index < -0.39 is 0 Å². The van der Waals surface area contributed by atoms with Gasteiger partial charge in [-0.1, -0.05) is 12.1 Å². The van der Waals surface area contributed by atoms with Crippen LogP contribution in [0, 0.1) is 0 Å². The lowest BCUT2D eigenvalue weighted by Crippen LogP contribution is -2.40. The van der Waals surface area contributed by atoms with Crippen LogP contribution in [-0.2, 0) is 16.1 Å². The molecular weight excluding hydrogens is 320 g/mol. The maximum atomic E-state index is 11.8. The highest BCUT2D eigenvalue weighted by Gasteiger charge is 2.09. The van der Waals surface area contributed by atoms with Crippen LogP contribution in [0.4, 0.5) is 0 Å². The van der Waals surface area contributed by atoms with Gasteiger partial charge in [-0.3, -0.25) is 4.79 Å². The first-order valence-electron chi connectivity index (χ1n) is 8.38. The molecule has 0 aliphatic heterocycles. The molecule has 0 heterocycles. The maximum Gasteiger partial charge on any atom is 0.243 e. The molecule has 0 bridgehead atoms. The monoisotopic (exact) mass is 350 g/mol. The van der Waals surface area contributed by atoms with Gasteiger partial charge < -0.3 is 24.6 Å². The number of nitrogens with zero attached hydrogens (tertiary/aromatic N) is 3. The smallest absolute Gasteiger partial charge is 0.243 e. The van der Waals surface area contributed by atoms with Gasteiger partial charge in [0.25, 0.3) is 0 Å². The molecule has 0 saturated heterocycles. The fourth-order valence-corrected chi connectivity index (χ4v) is 2.07. The lowest BCUT2D eigenvalue weighted by Gasteiger charge is -2.23. The Hall–Kier alpha value is -2.28. The van der Waals surface area contributed by atoms with Crippen LogP contribution in [0.2, 0.25) is 0 Å². The van der Waals surface area contributed by atoms with Crippen molar-refractivity contribution in [2.45, 2.75) is 13.5 Å². The van der Waals surface area contributed by atoms with Gasteiger partial charge in [-0.2, -0.15) is 0 Å². The molecule has 0 unspecified atom stereocenters. The van der Waals surface area contributed by atoms with E-state index in [0.29, 0.717) is 32.3 Å². The molecule has 0 spiro atoms. The van der Waals surface area contributed by atoms with Gasteiger partial charge in [0.05, 0.1) is 13.2 Å². The van der Waals surface area contributed by atoms with Crippen LogP contribution in [0.15, 0.2) is 29.3 Å². The number of guanidine groups is 1. The van der Waals surface area contributed by atoms with Crippen molar-refractivity contribution < 1.29 is 14.3 Å². The maximum absolute atomic E-state index is 11.8. The zero-order valence-corrected chi connectivity index (χ0v) is 15.9. The van der Waals surface area contributed by atoms with Gasteiger partial charge in [-0.05, 0) is 24.6 Å². The largest absolute Gasteiger partial charge is 0.494 e. The fourth-order valence-electron chi connectivity index (χ4n) is 2.07. The average molecular weight is 350 g/mol. The summed E-state index contributed by atoms with van der Waals surface area (Å²) in [5.74, 6) is 1.49. The second-order valence-corrected chi connectivity index (χ2v) is 5.78. The van der Waals surface area contributed by atoms with Crippen LogP contribution in [-0.4, -0.2) is 76.2 Å². The summed E-state index contributed by atoms with van der Waals surface area (Å²) >= 11 is 0. The Labute approximate surface area is 150 Å². The molecule has 0 fully saturated rings. The van der Waals surface area contributed by atoms with Gasteiger partial charge in [-0.15, -0.1) is 0 Å².